The molecule has 0 amide bonds. The van der Waals surface area contributed by atoms with Crippen LogP contribution in [0.5, 0.6) is 0 Å². The van der Waals surface area contributed by atoms with Gasteiger partial charge in [-0.2, -0.15) is 11.8 Å². The predicted octanol–water partition coefficient (Wildman–Crippen LogP) is 3.95. The average Bonchev–Trinajstić information content (AvgIpc) is 2.25. The van der Waals surface area contributed by atoms with E-state index >= 15 is 0 Å². The Morgan fingerprint density at radius 2 is 2.06 bits per heavy atom. The molecule has 102 valence electrons. The van der Waals surface area contributed by atoms with Gasteiger partial charge in [0.1, 0.15) is 16.2 Å². The molecule has 1 N–H and O–H groups in total. The molecular weight excluding hydrogens is 310 g/mol. The van der Waals surface area contributed by atoms with E-state index in [2.05, 4.69) is 65.2 Å². The molecule has 0 saturated heterocycles. The number of hydrogen-bond donors (Lipinski definition) is 1. The molecule has 1 atom stereocenters. The Morgan fingerprint density at radius 1 is 1.39 bits per heavy atom. The largest absolute Gasteiger partial charge is 0.370 e. The standard InChI is InChI=1S/C13H22BrN3S/c1-9(8-18-5)7-15-11-6-10(14)16-12(17-11)13(2,3)4/h6,9H,7-8H2,1-5H3,(H,15,16,17). The van der Waals surface area contributed by atoms with Crippen LogP contribution >= 0.6 is 27.7 Å². The number of nitrogens with one attached hydrogen (secondary N) is 1. The Kier molecular flexibility index (Phi) is 5.92. The quantitative estimate of drug-likeness (QED) is 0.829. The molecule has 0 aliphatic carbocycles. The molecule has 5 heteroatoms. The van der Waals surface area contributed by atoms with Crippen LogP contribution in [0.3, 0.4) is 0 Å². The smallest absolute Gasteiger partial charge is 0.137 e. The minimum Gasteiger partial charge on any atom is -0.370 e. The highest BCUT2D eigenvalue weighted by molar-refractivity contribution is 9.10. The van der Waals surface area contributed by atoms with Gasteiger partial charge in [-0.05, 0) is 33.9 Å². The number of nitrogens with zero attached hydrogens (tertiary/aromatic N) is 2. The van der Waals surface area contributed by atoms with Crippen LogP contribution in [0.25, 0.3) is 0 Å². The molecule has 0 aliphatic heterocycles. The molecule has 0 spiro atoms. The van der Waals surface area contributed by atoms with Crippen LogP contribution in [0.4, 0.5) is 5.82 Å². The van der Waals surface area contributed by atoms with Gasteiger partial charge in [-0.1, -0.05) is 27.7 Å². The first-order valence-electron chi connectivity index (χ1n) is 6.11. The van der Waals surface area contributed by atoms with Gasteiger partial charge in [-0.25, -0.2) is 9.97 Å². The summed E-state index contributed by atoms with van der Waals surface area (Å²) in [6.45, 7) is 9.54. The van der Waals surface area contributed by atoms with Crippen molar-refractivity contribution in [3.8, 4) is 0 Å². The third kappa shape index (κ3) is 5.14. The Hall–Kier alpha value is -0.290. The lowest BCUT2D eigenvalue weighted by atomic mass is 9.96. The maximum Gasteiger partial charge on any atom is 0.137 e. The van der Waals surface area contributed by atoms with Crippen LogP contribution in [-0.2, 0) is 5.41 Å². The molecular formula is C13H22BrN3S. The van der Waals surface area contributed by atoms with E-state index in [9.17, 15) is 0 Å². The van der Waals surface area contributed by atoms with Crippen LogP contribution in [0, 0.1) is 5.92 Å². The molecule has 3 nitrogen and oxygen atoms in total. The number of hydrogen-bond acceptors (Lipinski definition) is 4. The van der Waals surface area contributed by atoms with Gasteiger partial charge in [0, 0.05) is 18.0 Å². The van der Waals surface area contributed by atoms with E-state index in [0.29, 0.717) is 5.92 Å². The lowest BCUT2D eigenvalue weighted by Gasteiger charge is -2.18. The number of anilines is 1. The molecule has 0 aliphatic rings. The maximum absolute atomic E-state index is 4.58. The van der Waals surface area contributed by atoms with Crippen molar-refractivity contribution in [3.05, 3.63) is 16.5 Å². The molecule has 1 rings (SSSR count). The molecule has 0 bridgehead atoms. The maximum atomic E-state index is 4.58. The van der Waals surface area contributed by atoms with Crippen LogP contribution in [-0.4, -0.2) is 28.5 Å². The van der Waals surface area contributed by atoms with Crippen molar-refractivity contribution in [1.82, 2.24) is 9.97 Å². The normalized spacial score (nSPS) is 13.4. The first kappa shape index (κ1) is 15.8. The third-order valence-electron chi connectivity index (χ3n) is 2.45. The lowest BCUT2D eigenvalue weighted by Crippen LogP contribution is -2.19. The molecule has 1 heterocycles. The molecule has 1 aromatic rings. The summed E-state index contributed by atoms with van der Waals surface area (Å²) in [5, 5.41) is 3.39. The number of aromatic nitrogens is 2. The van der Waals surface area contributed by atoms with Gasteiger partial charge in [0.2, 0.25) is 0 Å². The lowest BCUT2D eigenvalue weighted by molar-refractivity contribution is 0.544. The van der Waals surface area contributed by atoms with Gasteiger partial charge in [-0.15, -0.1) is 0 Å². The summed E-state index contributed by atoms with van der Waals surface area (Å²) in [7, 11) is 0. The van der Waals surface area contributed by atoms with Crippen molar-refractivity contribution in [2.24, 2.45) is 5.92 Å². The topological polar surface area (TPSA) is 37.8 Å². The van der Waals surface area contributed by atoms with E-state index < -0.39 is 0 Å². The zero-order valence-electron chi connectivity index (χ0n) is 11.7. The second-order valence-electron chi connectivity index (χ2n) is 5.59. The monoisotopic (exact) mass is 331 g/mol. The highest BCUT2D eigenvalue weighted by Gasteiger charge is 2.18. The van der Waals surface area contributed by atoms with Crippen molar-refractivity contribution >= 4 is 33.5 Å². The van der Waals surface area contributed by atoms with Crippen molar-refractivity contribution in [2.45, 2.75) is 33.1 Å². The van der Waals surface area contributed by atoms with Crippen molar-refractivity contribution in [1.29, 1.82) is 0 Å². The van der Waals surface area contributed by atoms with Crippen molar-refractivity contribution in [3.63, 3.8) is 0 Å². The molecule has 0 fully saturated rings. The fourth-order valence-electron chi connectivity index (χ4n) is 1.47. The van der Waals surface area contributed by atoms with Crippen LogP contribution in [0.1, 0.15) is 33.5 Å². The molecule has 0 aromatic carbocycles. The van der Waals surface area contributed by atoms with Crippen LogP contribution in [0.2, 0.25) is 0 Å². The summed E-state index contributed by atoms with van der Waals surface area (Å²) in [4.78, 5) is 9.01. The molecule has 0 radical (unpaired) electrons. The molecule has 1 unspecified atom stereocenters. The summed E-state index contributed by atoms with van der Waals surface area (Å²) in [5.74, 6) is 3.55. The molecule has 0 saturated carbocycles. The van der Waals surface area contributed by atoms with Crippen LogP contribution in [0.15, 0.2) is 10.7 Å². The fraction of sp³-hybridized carbons (Fsp3) is 0.692. The number of thioether (sulfide) groups is 1. The Bertz CT molecular complexity index is 390. The SMILES string of the molecule is CSCC(C)CNc1cc(Br)nc(C(C)(C)C)n1. The first-order valence-corrected chi connectivity index (χ1v) is 8.29. The second-order valence-corrected chi connectivity index (χ2v) is 7.31. The second kappa shape index (κ2) is 6.75. The van der Waals surface area contributed by atoms with Gasteiger partial charge < -0.3 is 5.32 Å². The summed E-state index contributed by atoms with van der Waals surface area (Å²) < 4.78 is 0.836. The van der Waals surface area contributed by atoms with E-state index in [0.717, 1.165) is 28.5 Å². The van der Waals surface area contributed by atoms with E-state index in [1.165, 1.54) is 0 Å². The van der Waals surface area contributed by atoms with E-state index in [1.807, 2.05) is 17.8 Å². The molecule has 18 heavy (non-hydrogen) atoms. The third-order valence-corrected chi connectivity index (χ3v) is 3.76. The minimum absolute atomic E-state index is 0.0366. The van der Waals surface area contributed by atoms with Crippen molar-refractivity contribution < 1.29 is 0 Å². The Labute approximate surface area is 123 Å². The van der Waals surface area contributed by atoms with E-state index in [-0.39, 0.29) is 5.41 Å². The number of rotatable bonds is 5. The summed E-state index contributed by atoms with van der Waals surface area (Å²) >= 11 is 5.32. The van der Waals surface area contributed by atoms with Gasteiger partial charge in [-0.3, -0.25) is 0 Å². The van der Waals surface area contributed by atoms with Crippen LogP contribution < -0.4 is 5.32 Å². The van der Waals surface area contributed by atoms with Gasteiger partial charge >= 0.3 is 0 Å². The average molecular weight is 332 g/mol. The van der Waals surface area contributed by atoms with Gasteiger partial charge in [0.15, 0.2) is 0 Å². The summed E-state index contributed by atoms with van der Waals surface area (Å²) in [5.41, 5.74) is -0.0366. The molecule has 1 aromatic heterocycles. The highest BCUT2D eigenvalue weighted by Crippen LogP contribution is 2.22. The number of halogens is 1. The first-order chi connectivity index (χ1) is 8.32. The predicted molar refractivity (Wildman–Crippen MR) is 84.5 cm³/mol. The van der Waals surface area contributed by atoms with E-state index in [1.54, 1.807) is 0 Å². The zero-order chi connectivity index (χ0) is 13.8. The highest BCUT2D eigenvalue weighted by atomic mass is 79.9. The summed E-state index contributed by atoms with van der Waals surface area (Å²) in [6, 6.07) is 1.93. The summed E-state index contributed by atoms with van der Waals surface area (Å²) in [6.07, 6.45) is 2.13. The van der Waals surface area contributed by atoms with Gasteiger partial charge in [0.05, 0.1) is 0 Å². The Morgan fingerprint density at radius 3 is 2.61 bits per heavy atom. The Balaban J connectivity index is 2.75. The minimum atomic E-state index is -0.0366. The van der Waals surface area contributed by atoms with E-state index in [4.69, 9.17) is 0 Å². The zero-order valence-corrected chi connectivity index (χ0v) is 14.2. The van der Waals surface area contributed by atoms with Gasteiger partial charge in [0.25, 0.3) is 0 Å². The van der Waals surface area contributed by atoms with Crippen molar-refractivity contribution in [2.75, 3.05) is 23.9 Å². The fourth-order valence-corrected chi connectivity index (χ4v) is 2.54.